The van der Waals surface area contributed by atoms with E-state index in [1.807, 2.05) is 19.9 Å². The van der Waals surface area contributed by atoms with Crippen molar-refractivity contribution in [1.82, 2.24) is 4.98 Å². The summed E-state index contributed by atoms with van der Waals surface area (Å²) in [6, 6.07) is 3.45. The van der Waals surface area contributed by atoms with Crippen molar-refractivity contribution >= 4 is 28.9 Å². The van der Waals surface area contributed by atoms with Crippen molar-refractivity contribution in [3.8, 4) is 0 Å². The molecule has 0 unspecified atom stereocenters. The summed E-state index contributed by atoms with van der Waals surface area (Å²) in [7, 11) is 0. The monoisotopic (exact) mass is 292 g/mol. The molecule has 2 aromatic heterocycles. The van der Waals surface area contributed by atoms with Crippen LogP contribution >= 0.6 is 11.3 Å². The van der Waals surface area contributed by atoms with Crippen LogP contribution in [-0.4, -0.2) is 22.0 Å². The zero-order valence-electron chi connectivity index (χ0n) is 11.5. The van der Waals surface area contributed by atoms with Crippen LogP contribution in [0.2, 0.25) is 0 Å². The molecule has 0 saturated heterocycles. The lowest BCUT2D eigenvalue weighted by Crippen LogP contribution is -2.12. The number of thiophene rings is 1. The van der Waals surface area contributed by atoms with Gasteiger partial charge in [-0.15, -0.1) is 11.3 Å². The van der Waals surface area contributed by atoms with Crippen LogP contribution in [0.4, 0.5) is 5.69 Å². The Bertz CT molecular complexity index is 670. The third-order valence-electron chi connectivity index (χ3n) is 2.98. The Kier molecular flexibility index (Phi) is 3.94. The maximum atomic E-state index is 12.2. The molecule has 0 bridgehead atoms. The molecule has 0 spiro atoms. The largest absolute Gasteiger partial charge is 0.477 e. The molecule has 2 aromatic rings. The van der Waals surface area contributed by atoms with Gasteiger partial charge in [0.05, 0.1) is 10.6 Å². The van der Waals surface area contributed by atoms with E-state index in [1.54, 1.807) is 13.0 Å². The molecule has 0 aliphatic carbocycles. The summed E-state index contributed by atoms with van der Waals surface area (Å²) >= 11 is 1.44. The number of amides is 1. The second kappa shape index (κ2) is 5.50. The zero-order valence-corrected chi connectivity index (χ0v) is 12.4. The van der Waals surface area contributed by atoms with E-state index in [0.29, 0.717) is 16.3 Å². The van der Waals surface area contributed by atoms with Crippen LogP contribution in [-0.2, 0) is 6.42 Å². The molecular weight excluding hydrogens is 276 g/mol. The quantitative estimate of drug-likeness (QED) is 0.809. The summed E-state index contributed by atoms with van der Waals surface area (Å²) in [6.07, 6.45) is 0.882. The number of carbonyl (C=O) groups is 2. The van der Waals surface area contributed by atoms with Gasteiger partial charge in [-0.2, -0.15) is 0 Å². The van der Waals surface area contributed by atoms with E-state index in [1.165, 1.54) is 16.2 Å². The minimum atomic E-state index is -1.09. The zero-order chi connectivity index (χ0) is 14.9. The predicted molar refractivity (Wildman–Crippen MR) is 78.9 cm³/mol. The topological polar surface area (TPSA) is 82.2 Å². The van der Waals surface area contributed by atoms with Crippen molar-refractivity contribution in [3.63, 3.8) is 0 Å². The Morgan fingerprint density at radius 1 is 1.35 bits per heavy atom. The normalized spacial score (nSPS) is 10.6. The van der Waals surface area contributed by atoms with E-state index >= 15 is 0 Å². The molecule has 0 atom stereocenters. The molecule has 0 radical (unpaired) electrons. The van der Waals surface area contributed by atoms with Crippen LogP contribution in [0, 0.1) is 13.8 Å². The first-order valence-electron chi connectivity index (χ1n) is 6.26. The number of aromatic carboxylic acids is 1. The number of hydrogen-bond acceptors (Lipinski definition) is 3. The van der Waals surface area contributed by atoms with E-state index in [0.717, 1.165) is 12.0 Å². The minimum absolute atomic E-state index is 0.000145. The first-order valence-corrected chi connectivity index (χ1v) is 7.07. The highest BCUT2D eigenvalue weighted by molar-refractivity contribution is 7.14. The van der Waals surface area contributed by atoms with Crippen LogP contribution in [0.1, 0.15) is 43.2 Å². The second-order valence-corrected chi connectivity index (χ2v) is 5.71. The molecule has 2 heterocycles. The van der Waals surface area contributed by atoms with Gasteiger partial charge in [0.1, 0.15) is 5.69 Å². The number of anilines is 1. The molecule has 3 N–H and O–H groups in total. The van der Waals surface area contributed by atoms with Crippen LogP contribution < -0.4 is 5.32 Å². The first-order chi connectivity index (χ1) is 9.42. The van der Waals surface area contributed by atoms with Gasteiger partial charge in [-0.3, -0.25) is 4.79 Å². The average Bonchev–Trinajstić information content (AvgIpc) is 2.92. The Balaban J connectivity index is 2.25. The summed E-state index contributed by atoms with van der Waals surface area (Å²) in [5.41, 5.74) is 2.07. The van der Waals surface area contributed by atoms with Crippen molar-refractivity contribution in [2.75, 3.05) is 5.32 Å². The number of hydrogen-bond donors (Lipinski definition) is 3. The number of H-pyrrole nitrogens is 1. The third-order valence-corrected chi connectivity index (χ3v) is 4.36. The fourth-order valence-corrected chi connectivity index (χ4v) is 3.03. The third kappa shape index (κ3) is 2.75. The average molecular weight is 292 g/mol. The molecule has 0 aromatic carbocycles. The number of aromatic nitrogens is 1. The smallest absolute Gasteiger partial charge is 0.354 e. The van der Waals surface area contributed by atoms with Gasteiger partial charge in [-0.25, -0.2) is 4.79 Å². The van der Waals surface area contributed by atoms with Gasteiger partial charge in [0.15, 0.2) is 0 Å². The maximum absolute atomic E-state index is 12.2. The Labute approximate surface area is 120 Å². The highest BCUT2D eigenvalue weighted by atomic mass is 32.1. The summed E-state index contributed by atoms with van der Waals surface area (Å²) in [6.45, 7) is 5.75. The molecular formula is C14H16N2O3S. The molecule has 6 heteroatoms. The summed E-state index contributed by atoms with van der Waals surface area (Å²) in [5, 5.41) is 11.7. The lowest BCUT2D eigenvalue weighted by molar-refractivity contribution is 0.0692. The number of aromatic amines is 1. The molecule has 5 nitrogen and oxygen atoms in total. The van der Waals surface area contributed by atoms with Crippen molar-refractivity contribution in [1.29, 1.82) is 0 Å². The van der Waals surface area contributed by atoms with E-state index in [9.17, 15) is 9.59 Å². The standard InChI is InChI=1S/C14H16N2O3S/c1-4-10-7(2)5-11(20-10)13(17)16-9-6-8(3)15-12(9)14(18)19/h5-6,15H,4H2,1-3H3,(H,16,17)(H,18,19). The SMILES string of the molecule is CCc1sc(C(=O)Nc2cc(C)[nH]c2C(=O)O)cc1C. The predicted octanol–water partition coefficient (Wildman–Crippen LogP) is 3.21. The Hall–Kier alpha value is -2.08. The maximum Gasteiger partial charge on any atom is 0.354 e. The van der Waals surface area contributed by atoms with E-state index in [4.69, 9.17) is 5.11 Å². The van der Waals surface area contributed by atoms with E-state index < -0.39 is 5.97 Å². The molecule has 106 valence electrons. The van der Waals surface area contributed by atoms with Gasteiger partial charge in [-0.05, 0) is 38.0 Å². The van der Waals surface area contributed by atoms with E-state index in [2.05, 4.69) is 10.3 Å². The van der Waals surface area contributed by atoms with Crippen molar-refractivity contribution in [3.05, 3.63) is 38.8 Å². The number of carboxylic acids is 1. The molecule has 0 aliphatic rings. The number of nitrogens with one attached hydrogen (secondary N) is 2. The Morgan fingerprint density at radius 3 is 2.60 bits per heavy atom. The highest BCUT2D eigenvalue weighted by Crippen LogP contribution is 2.24. The van der Waals surface area contributed by atoms with Crippen molar-refractivity contribution in [2.45, 2.75) is 27.2 Å². The van der Waals surface area contributed by atoms with Gasteiger partial charge < -0.3 is 15.4 Å². The summed E-state index contributed by atoms with van der Waals surface area (Å²) < 4.78 is 0. The lowest BCUT2D eigenvalue weighted by atomic mass is 10.2. The summed E-state index contributed by atoms with van der Waals surface area (Å²) in [4.78, 5) is 27.7. The number of aryl methyl sites for hydroxylation is 3. The van der Waals surface area contributed by atoms with Crippen LogP contribution in [0.3, 0.4) is 0 Å². The summed E-state index contributed by atoms with van der Waals surface area (Å²) in [5.74, 6) is -1.37. The molecule has 2 rings (SSSR count). The van der Waals surface area contributed by atoms with Crippen molar-refractivity contribution < 1.29 is 14.7 Å². The number of carbonyl (C=O) groups excluding carboxylic acids is 1. The first kappa shape index (κ1) is 14.3. The highest BCUT2D eigenvalue weighted by Gasteiger charge is 2.17. The van der Waals surface area contributed by atoms with Gasteiger partial charge in [-0.1, -0.05) is 6.92 Å². The van der Waals surface area contributed by atoms with Gasteiger partial charge in [0.25, 0.3) is 5.91 Å². The Morgan fingerprint density at radius 2 is 2.05 bits per heavy atom. The van der Waals surface area contributed by atoms with Gasteiger partial charge >= 0.3 is 5.97 Å². The van der Waals surface area contributed by atoms with Crippen molar-refractivity contribution in [2.24, 2.45) is 0 Å². The molecule has 0 saturated carbocycles. The molecule has 0 fully saturated rings. The minimum Gasteiger partial charge on any atom is -0.477 e. The number of rotatable bonds is 4. The van der Waals surface area contributed by atoms with Crippen LogP contribution in [0.5, 0.6) is 0 Å². The van der Waals surface area contributed by atoms with Crippen LogP contribution in [0.25, 0.3) is 0 Å². The van der Waals surface area contributed by atoms with Crippen LogP contribution in [0.15, 0.2) is 12.1 Å². The number of carboxylic acid groups (broad SMARTS) is 1. The lowest BCUT2D eigenvalue weighted by Gasteiger charge is -2.02. The second-order valence-electron chi connectivity index (χ2n) is 4.57. The molecule has 20 heavy (non-hydrogen) atoms. The fraction of sp³-hybridized carbons (Fsp3) is 0.286. The molecule has 0 aliphatic heterocycles. The molecule has 1 amide bonds. The van der Waals surface area contributed by atoms with E-state index in [-0.39, 0.29) is 11.6 Å². The fourth-order valence-electron chi connectivity index (χ4n) is 2.02. The van der Waals surface area contributed by atoms with Gasteiger partial charge in [0.2, 0.25) is 0 Å². The van der Waals surface area contributed by atoms with Gasteiger partial charge in [0, 0.05) is 10.6 Å².